The van der Waals surface area contributed by atoms with Crippen molar-refractivity contribution in [2.75, 3.05) is 36.4 Å². The molecule has 1 aliphatic rings. The second-order valence-electron chi connectivity index (χ2n) is 7.12. The summed E-state index contributed by atoms with van der Waals surface area (Å²) in [5, 5.41) is 7.37. The van der Waals surface area contributed by atoms with Crippen molar-refractivity contribution in [3.05, 3.63) is 66.7 Å². The minimum absolute atomic E-state index is 0.292. The van der Waals surface area contributed by atoms with Gasteiger partial charge in [-0.25, -0.2) is 9.97 Å². The highest BCUT2D eigenvalue weighted by atomic mass is 16.1. The summed E-state index contributed by atoms with van der Waals surface area (Å²) >= 11 is 0. The van der Waals surface area contributed by atoms with Gasteiger partial charge < -0.3 is 20.5 Å². The van der Waals surface area contributed by atoms with Gasteiger partial charge in [0.2, 0.25) is 0 Å². The fourth-order valence-corrected chi connectivity index (χ4v) is 3.66. The minimum Gasteiger partial charge on any atom is -0.367 e. The van der Waals surface area contributed by atoms with E-state index >= 15 is 0 Å². The molecule has 0 aliphatic carbocycles. The standard InChI is InChI=1S/C22H21N7O/c30-22(28-19-14-24-7-6-20(19)29-11-9-23-10-12-29)17-5-8-25-21(27-17)18-13-15-3-1-2-4-16(15)26-18/h1-8,13-14,23,26H,9-12H2,(H,28,30). The van der Waals surface area contributed by atoms with Gasteiger partial charge in [0.05, 0.1) is 23.3 Å². The highest BCUT2D eigenvalue weighted by Gasteiger charge is 2.17. The first-order chi connectivity index (χ1) is 14.8. The summed E-state index contributed by atoms with van der Waals surface area (Å²) in [5.41, 5.74) is 3.71. The van der Waals surface area contributed by atoms with Gasteiger partial charge >= 0.3 is 0 Å². The molecule has 0 radical (unpaired) electrons. The van der Waals surface area contributed by atoms with Crippen LogP contribution in [0, 0.1) is 0 Å². The van der Waals surface area contributed by atoms with Crippen molar-refractivity contribution in [1.82, 2.24) is 25.3 Å². The third-order valence-corrected chi connectivity index (χ3v) is 5.16. The molecule has 4 heterocycles. The van der Waals surface area contributed by atoms with Crippen molar-refractivity contribution in [2.24, 2.45) is 0 Å². The molecule has 1 aromatic carbocycles. The van der Waals surface area contributed by atoms with Crippen LogP contribution in [0.3, 0.4) is 0 Å². The van der Waals surface area contributed by atoms with Crippen molar-refractivity contribution >= 4 is 28.2 Å². The lowest BCUT2D eigenvalue weighted by molar-refractivity contribution is 0.102. The Labute approximate surface area is 173 Å². The van der Waals surface area contributed by atoms with Gasteiger partial charge in [0.25, 0.3) is 5.91 Å². The van der Waals surface area contributed by atoms with Gasteiger partial charge in [-0.05, 0) is 24.3 Å². The number of amides is 1. The molecule has 1 fully saturated rings. The number of H-pyrrole nitrogens is 1. The van der Waals surface area contributed by atoms with Crippen LogP contribution in [0.1, 0.15) is 10.5 Å². The number of carbonyl (C=O) groups excluding carboxylic acids is 1. The van der Waals surface area contributed by atoms with Crippen LogP contribution >= 0.6 is 0 Å². The number of nitrogens with one attached hydrogen (secondary N) is 3. The molecule has 1 amide bonds. The number of pyridine rings is 1. The molecule has 1 saturated heterocycles. The molecule has 0 unspecified atom stereocenters. The first-order valence-electron chi connectivity index (χ1n) is 9.90. The molecule has 150 valence electrons. The van der Waals surface area contributed by atoms with Gasteiger partial charge in [0.1, 0.15) is 5.69 Å². The third kappa shape index (κ3) is 3.60. The van der Waals surface area contributed by atoms with Crippen LogP contribution in [0.15, 0.2) is 61.1 Å². The van der Waals surface area contributed by atoms with E-state index in [4.69, 9.17) is 0 Å². The lowest BCUT2D eigenvalue weighted by Crippen LogP contribution is -2.43. The quantitative estimate of drug-likeness (QED) is 0.488. The Morgan fingerprint density at radius 2 is 1.93 bits per heavy atom. The van der Waals surface area contributed by atoms with Crippen molar-refractivity contribution in [2.45, 2.75) is 0 Å². The van der Waals surface area contributed by atoms with E-state index in [1.54, 1.807) is 24.7 Å². The van der Waals surface area contributed by atoms with Crippen molar-refractivity contribution in [3.63, 3.8) is 0 Å². The van der Waals surface area contributed by atoms with Crippen molar-refractivity contribution in [1.29, 1.82) is 0 Å². The number of nitrogens with zero attached hydrogens (tertiary/aromatic N) is 4. The number of piperazine rings is 1. The Bertz CT molecular complexity index is 1160. The maximum atomic E-state index is 12.9. The highest BCUT2D eigenvalue weighted by Crippen LogP contribution is 2.26. The Balaban J connectivity index is 1.40. The molecule has 0 bridgehead atoms. The summed E-state index contributed by atoms with van der Waals surface area (Å²) in [6, 6.07) is 13.5. The molecule has 1 aliphatic heterocycles. The molecule has 3 aromatic heterocycles. The van der Waals surface area contributed by atoms with Gasteiger partial charge in [-0.1, -0.05) is 18.2 Å². The number of rotatable bonds is 4. The number of aromatic nitrogens is 4. The first-order valence-corrected chi connectivity index (χ1v) is 9.90. The fourth-order valence-electron chi connectivity index (χ4n) is 3.66. The molecule has 3 N–H and O–H groups in total. The summed E-state index contributed by atoms with van der Waals surface area (Å²) in [5.74, 6) is 0.187. The van der Waals surface area contributed by atoms with E-state index in [2.05, 4.69) is 35.5 Å². The van der Waals surface area contributed by atoms with Crippen LogP contribution in [0.25, 0.3) is 22.4 Å². The Morgan fingerprint density at radius 3 is 2.80 bits per heavy atom. The van der Waals surface area contributed by atoms with E-state index in [-0.39, 0.29) is 5.91 Å². The molecule has 8 heteroatoms. The van der Waals surface area contributed by atoms with Crippen LogP contribution < -0.4 is 15.5 Å². The Kier molecular flexibility index (Phi) is 4.82. The zero-order valence-corrected chi connectivity index (χ0v) is 16.3. The number of hydrogen-bond acceptors (Lipinski definition) is 6. The molecule has 5 rings (SSSR count). The molecular weight excluding hydrogens is 378 g/mol. The van der Waals surface area contributed by atoms with Crippen molar-refractivity contribution < 1.29 is 4.79 Å². The van der Waals surface area contributed by atoms with Gasteiger partial charge in [0.15, 0.2) is 5.82 Å². The van der Waals surface area contributed by atoms with E-state index in [9.17, 15) is 4.79 Å². The zero-order valence-electron chi connectivity index (χ0n) is 16.3. The Morgan fingerprint density at radius 1 is 1.07 bits per heavy atom. The number of aromatic amines is 1. The summed E-state index contributed by atoms with van der Waals surface area (Å²) < 4.78 is 0. The van der Waals surface area contributed by atoms with E-state index in [1.807, 2.05) is 36.4 Å². The van der Waals surface area contributed by atoms with E-state index in [0.717, 1.165) is 48.5 Å². The summed E-state index contributed by atoms with van der Waals surface area (Å²) in [6.07, 6.45) is 5.02. The van der Waals surface area contributed by atoms with E-state index in [1.165, 1.54) is 0 Å². The van der Waals surface area contributed by atoms with Crippen molar-refractivity contribution in [3.8, 4) is 11.5 Å². The first kappa shape index (κ1) is 18.3. The number of anilines is 2. The molecule has 0 spiro atoms. The summed E-state index contributed by atoms with van der Waals surface area (Å²) in [7, 11) is 0. The van der Waals surface area contributed by atoms with Crippen LogP contribution in [-0.4, -0.2) is 52.0 Å². The molecular formula is C22H21N7O. The van der Waals surface area contributed by atoms with Gasteiger partial charge in [0, 0.05) is 49.5 Å². The number of para-hydroxylation sites is 1. The predicted octanol–water partition coefficient (Wildman–Crippen LogP) is 2.68. The Hall–Kier alpha value is -3.78. The second-order valence-corrected chi connectivity index (χ2v) is 7.12. The molecule has 0 atom stereocenters. The smallest absolute Gasteiger partial charge is 0.274 e. The second kappa shape index (κ2) is 7.92. The largest absolute Gasteiger partial charge is 0.367 e. The highest BCUT2D eigenvalue weighted by molar-refractivity contribution is 6.04. The number of carbonyl (C=O) groups is 1. The van der Waals surface area contributed by atoms with Gasteiger partial charge in [-0.2, -0.15) is 0 Å². The average Bonchev–Trinajstić information content (AvgIpc) is 3.25. The SMILES string of the molecule is O=C(Nc1cnccc1N1CCNCC1)c1ccnc(-c2cc3ccccc3[nH]2)n1. The fraction of sp³-hybridized carbons (Fsp3) is 0.182. The number of fused-ring (bicyclic) bond motifs is 1. The van der Waals surface area contributed by atoms with E-state index < -0.39 is 0 Å². The van der Waals surface area contributed by atoms with Gasteiger partial charge in [-0.15, -0.1) is 0 Å². The summed E-state index contributed by atoms with van der Waals surface area (Å²) in [6.45, 7) is 3.58. The van der Waals surface area contributed by atoms with E-state index in [0.29, 0.717) is 17.2 Å². The molecule has 30 heavy (non-hydrogen) atoms. The lowest BCUT2D eigenvalue weighted by Gasteiger charge is -2.30. The molecule has 4 aromatic rings. The maximum Gasteiger partial charge on any atom is 0.274 e. The molecule has 0 saturated carbocycles. The van der Waals surface area contributed by atoms with Crippen LogP contribution in [-0.2, 0) is 0 Å². The lowest BCUT2D eigenvalue weighted by atomic mass is 10.2. The maximum absolute atomic E-state index is 12.9. The third-order valence-electron chi connectivity index (χ3n) is 5.16. The summed E-state index contributed by atoms with van der Waals surface area (Å²) in [4.78, 5) is 31.5. The zero-order chi connectivity index (χ0) is 20.3. The van der Waals surface area contributed by atoms with Crippen LogP contribution in [0.2, 0.25) is 0 Å². The predicted molar refractivity (Wildman–Crippen MR) is 117 cm³/mol. The monoisotopic (exact) mass is 399 g/mol. The average molecular weight is 399 g/mol. The normalized spacial score (nSPS) is 14.1. The minimum atomic E-state index is -0.292. The molecule has 8 nitrogen and oxygen atoms in total. The van der Waals surface area contributed by atoms with Crippen LogP contribution in [0.4, 0.5) is 11.4 Å². The topological polar surface area (TPSA) is 98.8 Å². The number of benzene rings is 1. The van der Waals surface area contributed by atoms with Crippen LogP contribution in [0.5, 0.6) is 0 Å². The van der Waals surface area contributed by atoms with Gasteiger partial charge in [-0.3, -0.25) is 9.78 Å². The number of hydrogen-bond donors (Lipinski definition) is 3.